The van der Waals surface area contributed by atoms with Gasteiger partial charge < -0.3 is 34.5 Å². The van der Waals surface area contributed by atoms with E-state index in [1.54, 1.807) is 7.11 Å². The molecule has 2 saturated heterocycles. The van der Waals surface area contributed by atoms with E-state index in [9.17, 15) is 4.79 Å². The van der Waals surface area contributed by atoms with E-state index in [0.29, 0.717) is 42.0 Å². The van der Waals surface area contributed by atoms with Crippen LogP contribution in [0.5, 0.6) is 11.5 Å². The molecule has 10 heteroatoms. The first-order valence-corrected chi connectivity index (χ1v) is 14.0. The average Bonchev–Trinajstić information content (AvgIpc) is 3.44. The summed E-state index contributed by atoms with van der Waals surface area (Å²) in [7, 11) is 3.78. The van der Waals surface area contributed by atoms with Gasteiger partial charge >= 0.3 is 0 Å². The fourth-order valence-corrected chi connectivity index (χ4v) is 5.43. The van der Waals surface area contributed by atoms with Crippen LogP contribution in [-0.4, -0.2) is 91.3 Å². The lowest BCUT2D eigenvalue weighted by Crippen LogP contribution is -2.45. The van der Waals surface area contributed by atoms with Gasteiger partial charge in [0.1, 0.15) is 5.82 Å². The van der Waals surface area contributed by atoms with Crippen molar-refractivity contribution in [2.45, 2.75) is 39.7 Å². The van der Waals surface area contributed by atoms with Crippen LogP contribution in [0, 0.1) is 13.8 Å². The van der Waals surface area contributed by atoms with Crippen molar-refractivity contribution in [3.05, 3.63) is 45.4 Å². The normalized spacial score (nSPS) is 16.7. The van der Waals surface area contributed by atoms with Gasteiger partial charge in [0.15, 0.2) is 11.5 Å². The summed E-state index contributed by atoms with van der Waals surface area (Å²) in [6, 6.07) is 5.89. The van der Waals surface area contributed by atoms with Gasteiger partial charge in [-0.05, 0) is 70.9 Å². The number of methoxy groups -OCH3 is 1. The third-order valence-electron chi connectivity index (χ3n) is 7.76. The maximum absolute atomic E-state index is 12.7. The van der Waals surface area contributed by atoms with Crippen molar-refractivity contribution in [1.29, 1.82) is 0 Å². The lowest BCUT2D eigenvalue weighted by molar-refractivity contribution is 0.254. The Balaban J connectivity index is 1.44. The zero-order chi connectivity index (χ0) is 27.4. The van der Waals surface area contributed by atoms with E-state index >= 15 is 0 Å². The van der Waals surface area contributed by atoms with Crippen LogP contribution < -0.4 is 25.2 Å². The molecule has 2 fully saturated rings. The van der Waals surface area contributed by atoms with Gasteiger partial charge in [-0.1, -0.05) is 0 Å². The van der Waals surface area contributed by atoms with E-state index in [0.717, 1.165) is 61.3 Å². The van der Waals surface area contributed by atoms with E-state index in [4.69, 9.17) is 19.4 Å². The summed E-state index contributed by atoms with van der Waals surface area (Å²) in [5, 5.41) is 4.27. The minimum absolute atomic E-state index is 0.0835. The van der Waals surface area contributed by atoms with Crippen LogP contribution in [0.3, 0.4) is 0 Å². The second-order valence-electron chi connectivity index (χ2n) is 10.7. The number of piperazine rings is 1. The summed E-state index contributed by atoms with van der Waals surface area (Å²) >= 11 is 0. The number of benzene rings is 1. The number of hydrogen-bond donors (Lipinski definition) is 2. The Hall–Kier alpha value is -3.37. The number of pyridine rings is 1. The summed E-state index contributed by atoms with van der Waals surface area (Å²) < 4.78 is 11.9. The highest BCUT2D eigenvalue weighted by Crippen LogP contribution is 2.35. The molecule has 3 aromatic rings. The number of likely N-dealkylation sites (N-methyl/N-ethyl adjacent to an activating group) is 1. The molecule has 0 unspecified atom stereocenters. The smallest absolute Gasteiger partial charge is 0.253 e. The van der Waals surface area contributed by atoms with Crippen LogP contribution in [0.4, 0.5) is 11.8 Å². The van der Waals surface area contributed by atoms with Gasteiger partial charge in [0.05, 0.1) is 19.2 Å². The van der Waals surface area contributed by atoms with Crippen LogP contribution in [0.25, 0.3) is 10.9 Å². The molecule has 2 N–H and O–H groups in total. The zero-order valence-electron chi connectivity index (χ0n) is 23.7. The van der Waals surface area contributed by atoms with Crippen molar-refractivity contribution in [2.75, 3.05) is 76.8 Å². The second kappa shape index (κ2) is 12.2. The monoisotopic (exact) mass is 535 g/mol. The van der Waals surface area contributed by atoms with Crippen LogP contribution in [0.2, 0.25) is 0 Å². The molecule has 0 radical (unpaired) electrons. The molecule has 39 heavy (non-hydrogen) atoms. The van der Waals surface area contributed by atoms with Gasteiger partial charge in [-0.25, -0.2) is 4.98 Å². The molecular formula is C29H41N7O3. The molecule has 0 spiro atoms. The van der Waals surface area contributed by atoms with Crippen molar-refractivity contribution in [3.63, 3.8) is 0 Å². The quantitative estimate of drug-likeness (QED) is 0.379. The molecule has 2 aliphatic heterocycles. The molecular weight excluding hydrogens is 494 g/mol. The number of ether oxygens (including phenoxy) is 2. The van der Waals surface area contributed by atoms with Crippen molar-refractivity contribution in [1.82, 2.24) is 24.8 Å². The van der Waals surface area contributed by atoms with E-state index in [1.165, 1.54) is 25.9 Å². The lowest BCUT2D eigenvalue weighted by atomic mass is 10.1. The van der Waals surface area contributed by atoms with Crippen LogP contribution in [-0.2, 0) is 6.54 Å². The molecule has 4 heterocycles. The second-order valence-corrected chi connectivity index (χ2v) is 10.7. The van der Waals surface area contributed by atoms with Gasteiger partial charge in [0.2, 0.25) is 5.95 Å². The number of rotatable bonds is 10. The predicted molar refractivity (Wildman–Crippen MR) is 155 cm³/mol. The third kappa shape index (κ3) is 6.45. The molecule has 0 atom stereocenters. The number of anilines is 2. The molecule has 0 aliphatic carbocycles. The standard InChI is InChI=1S/C29H41N7O3/c1-20-16-21(2)31-28(37)23(20)19-30-27-22-17-25(38-4)26(39-15-7-10-35-8-5-6-9-35)18-24(22)32-29(33-27)36-13-11-34(3)12-14-36/h16-18H,5-15,19H2,1-4H3,(H,31,37)(H,30,32,33). The third-order valence-corrected chi connectivity index (χ3v) is 7.76. The number of nitrogens with one attached hydrogen (secondary N) is 2. The van der Waals surface area contributed by atoms with E-state index < -0.39 is 0 Å². The van der Waals surface area contributed by atoms with Crippen LogP contribution in [0.15, 0.2) is 23.0 Å². The molecule has 1 aromatic carbocycles. The fraction of sp³-hybridized carbons (Fsp3) is 0.552. The predicted octanol–water partition coefficient (Wildman–Crippen LogP) is 3.17. The molecule has 10 nitrogen and oxygen atoms in total. The SMILES string of the molecule is COc1cc2c(NCc3c(C)cc(C)[nH]c3=O)nc(N3CCN(C)CC3)nc2cc1OCCCN1CCCC1. The summed E-state index contributed by atoms with van der Waals surface area (Å²) in [4.78, 5) is 32.5. The molecule has 0 saturated carbocycles. The Morgan fingerprint density at radius 3 is 2.49 bits per heavy atom. The minimum Gasteiger partial charge on any atom is -0.493 e. The summed E-state index contributed by atoms with van der Waals surface area (Å²) in [6.45, 7) is 11.9. The Bertz CT molecular complexity index is 1340. The molecule has 0 bridgehead atoms. The van der Waals surface area contributed by atoms with Crippen molar-refractivity contribution in [3.8, 4) is 11.5 Å². The first-order chi connectivity index (χ1) is 18.9. The first-order valence-electron chi connectivity index (χ1n) is 14.0. The topological polar surface area (TPSA) is 98.8 Å². The lowest BCUT2D eigenvalue weighted by Gasteiger charge is -2.32. The Labute approximate surface area is 230 Å². The fourth-order valence-electron chi connectivity index (χ4n) is 5.43. The van der Waals surface area contributed by atoms with Crippen molar-refractivity contribution in [2.24, 2.45) is 0 Å². The molecule has 210 valence electrons. The van der Waals surface area contributed by atoms with Crippen molar-refractivity contribution < 1.29 is 9.47 Å². The highest BCUT2D eigenvalue weighted by molar-refractivity contribution is 5.92. The van der Waals surface area contributed by atoms with Gasteiger partial charge in [0.25, 0.3) is 5.56 Å². The van der Waals surface area contributed by atoms with Gasteiger partial charge in [-0.15, -0.1) is 0 Å². The maximum Gasteiger partial charge on any atom is 0.253 e. The average molecular weight is 536 g/mol. The summed E-state index contributed by atoms with van der Waals surface area (Å²) in [5.74, 6) is 2.68. The Kier molecular flexibility index (Phi) is 8.52. The van der Waals surface area contributed by atoms with Crippen LogP contribution >= 0.6 is 0 Å². The number of aromatic amines is 1. The minimum atomic E-state index is -0.0835. The van der Waals surface area contributed by atoms with Gasteiger partial charge in [-0.3, -0.25) is 4.79 Å². The number of aryl methyl sites for hydroxylation is 2. The van der Waals surface area contributed by atoms with E-state index in [-0.39, 0.29) is 5.56 Å². The van der Waals surface area contributed by atoms with E-state index in [1.807, 2.05) is 32.0 Å². The zero-order valence-corrected chi connectivity index (χ0v) is 23.7. The molecule has 0 amide bonds. The van der Waals surface area contributed by atoms with Crippen molar-refractivity contribution >= 4 is 22.7 Å². The number of fused-ring (bicyclic) bond motifs is 1. The highest BCUT2D eigenvalue weighted by Gasteiger charge is 2.21. The van der Waals surface area contributed by atoms with Gasteiger partial charge in [0, 0.05) is 62.0 Å². The van der Waals surface area contributed by atoms with E-state index in [2.05, 4.69) is 32.0 Å². The highest BCUT2D eigenvalue weighted by atomic mass is 16.5. The van der Waals surface area contributed by atoms with Crippen LogP contribution in [0.1, 0.15) is 36.1 Å². The summed E-state index contributed by atoms with van der Waals surface area (Å²) in [6.07, 6.45) is 3.56. The Morgan fingerprint density at radius 2 is 1.77 bits per heavy atom. The largest absolute Gasteiger partial charge is 0.493 e. The van der Waals surface area contributed by atoms with Gasteiger partial charge in [-0.2, -0.15) is 4.98 Å². The molecule has 2 aromatic heterocycles. The number of H-pyrrole nitrogens is 1. The first kappa shape index (κ1) is 27.2. The number of aromatic nitrogens is 3. The Morgan fingerprint density at radius 1 is 1.00 bits per heavy atom. The summed E-state index contributed by atoms with van der Waals surface area (Å²) in [5.41, 5.74) is 3.19. The maximum atomic E-state index is 12.7. The molecule has 5 rings (SSSR count). The number of hydrogen-bond acceptors (Lipinski definition) is 9. The number of nitrogens with zero attached hydrogens (tertiary/aromatic N) is 5. The molecule has 2 aliphatic rings. The number of likely N-dealkylation sites (tertiary alicyclic amines) is 1.